The summed E-state index contributed by atoms with van der Waals surface area (Å²) < 4.78 is 5.14. The van der Waals surface area contributed by atoms with E-state index in [0.29, 0.717) is 10.9 Å². The minimum absolute atomic E-state index is 0.539. The number of halogens is 1. The van der Waals surface area contributed by atoms with Crippen molar-refractivity contribution in [2.24, 2.45) is 0 Å². The molecule has 0 aliphatic carbocycles. The standard InChI is InChI=1S/C16H18ClN3O/c1-21-16-8-13(14(17)10-19-16)15-5-4-12(9-18-15)11-20-6-2-3-7-20/h4-5,8-10H,2-3,6-7,11H2,1H3. The smallest absolute Gasteiger partial charge is 0.213 e. The number of hydrogen-bond donors (Lipinski definition) is 0. The molecule has 1 saturated heterocycles. The van der Waals surface area contributed by atoms with Gasteiger partial charge in [-0.05, 0) is 37.6 Å². The molecule has 4 nitrogen and oxygen atoms in total. The average Bonchev–Trinajstić information content (AvgIpc) is 3.02. The van der Waals surface area contributed by atoms with Crippen molar-refractivity contribution in [2.75, 3.05) is 20.2 Å². The second-order valence-electron chi connectivity index (χ2n) is 5.24. The fourth-order valence-electron chi connectivity index (χ4n) is 2.60. The minimum Gasteiger partial charge on any atom is -0.481 e. The number of nitrogens with zero attached hydrogens (tertiary/aromatic N) is 3. The number of likely N-dealkylation sites (tertiary alicyclic amines) is 1. The molecule has 0 aromatic carbocycles. The van der Waals surface area contributed by atoms with Crippen molar-refractivity contribution >= 4 is 11.6 Å². The van der Waals surface area contributed by atoms with E-state index in [1.165, 1.54) is 31.5 Å². The minimum atomic E-state index is 0.539. The van der Waals surface area contributed by atoms with Crippen LogP contribution in [-0.4, -0.2) is 35.1 Å². The molecule has 0 atom stereocenters. The zero-order valence-corrected chi connectivity index (χ0v) is 12.8. The van der Waals surface area contributed by atoms with E-state index < -0.39 is 0 Å². The van der Waals surface area contributed by atoms with Gasteiger partial charge in [-0.15, -0.1) is 0 Å². The Hall–Kier alpha value is -1.65. The van der Waals surface area contributed by atoms with E-state index in [1.54, 1.807) is 13.3 Å². The zero-order valence-electron chi connectivity index (χ0n) is 12.1. The molecule has 3 rings (SSSR count). The van der Waals surface area contributed by atoms with E-state index in [4.69, 9.17) is 16.3 Å². The molecule has 1 fully saturated rings. The Bertz CT molecular complexity index is 609. The van der Waals surface area contributed by atoms with Crippen LogP contribution in [0.2, 0.25) is 5.02 Å². The van der Waals surface area contributed by atoms with Gasteiger partial charge in [-0.2, -0.15) is 0 Å². The van der Waals surface area contributed by atoms with Crippen molar-refractivity contribution in [2.45, 2.75) is 19.4 Å². The fraction of sp³-hybridized carbons (Fsp3) is 0.375. The normalized spacial score (nSPS) is 15.3. The predicted molar refractivity (Wildman–Crippen MR) is 83.5 cm³/mol. The lowest BCUT2D eigenvalue weighted by Gasteiger charge is -2.14. The Balaban J connectivity index is 1.80. The summed E-state index contributed by atoms with van der Waals surface area (Å²) in [6, 6.07) is 5.93. The summed E-state index contributed by atoms with van der Waals surface area (Å²) >= 11 is 6.20. The van der Waals surface area contributed by atoms with Crippen molar-refractivity contribution in [1.82, 2.24) is 14.9 Å². The van der Waals surface area contributed by atoms with E-state index in [9.17, 15) is 0 Å². The van der Waals surface area contributed by atoms with Crippen molar-refractivity contribution in [3.05, 3.63) is 41.2 Å². The number of ether oxygens (including phenoxy) is 1. The summed E-state index contributed by atoms with van der Waals surface area (Å²) in [5.41, 5.74) is 2.92. The molecule has 2 aromatic heterocycles. The maximum absolute atomic E-state index is 6.20. The third-order valence-corrected chi connectivity index (χ3v) is 4.05. The van der Waals surface area contributed by atoms with Crippen LogP contribution in [0.5, 0.6) is 5.88 Å². The van der Waals surface area contributed by atoms with Gasteiger partial charge in [0.1, 0.15) is 0 Å². The first-order valence-electron chi connectivity index (χ1n) is 7.13. The third kappa shape index (κ3) is 3.34. The van der Waals surface area contributed by atoms with Gasteiger partial charge in [0, 0.05) is 24.4 Å². The highest BCUT2D eigenvalue weighted by atomic mass is 35.5. The van der Waals surface area contributed by atoms with E-state index >= 15 is 0 Å². The van der Waals surface area contributed by atoms with Gasteiger partial charge in [-0.1, -0.05) is 17.7 Å². The Morgan fingerprint density at radius 2 is 2.00 bits per heavy atom. The second kappa shape index (κ2) is 6.41. The van der Waals surface area contributed by atoms with Crippen LogP contribution in [0.25, 0.3) is 11.3 Å². The first kappa shape index (κ1) is 14.3. The average molecular weight is 304 g/mol. The number of aromatic nitrogens is 2. The van der Waals surface area contributed by atoms with E-state index in [0.717, 1.165) is 17.8 Å². The molecule has 1 aliphatic rings. The van der Waals surface area contributed by atoms with Gasteiger partial charge in [-0.25, -0.2) is 4.98 Å². The molecule has 2 aromatic rings. The SMILES string of the molecule is COc1cc(-c2ccc(CN3CCCC3)cn2)c(Cl)cn1. The van der Waals surface area contributed by atoms with Gasteiger partial charge in [0.15, 0.2) is 0 Å². The fourth-order valence-corrected chi connectivity index (χ4v) is 2.80. The molecule has 0 saturated carbocycles. The monoisotopic (exact) mass is 303 g/mol. The summed E-state index contributed by atoms with van der Waals surface area (Å²) in [7, 11) is 1.59. The van der Waals surface area contributed by atoms with Crippen LogP contribution in [0.1, 0.15) is 18.4 Å². The van der Waals surface area contributed by atoms with Crippen LogP contribution >= 0.6 is 11.6 Å². The molecular formula is C16H18ClN3O. The Labute approximate surface area is 129 Å². The van der Waals surface area contributed by atoms with Gasteiger partial charge in [-0.3, -0.25) is 9.88 Å². The van der Waals surface area contributed by atoms with Crippen LogP contribution in [-0.2, 0) is 6.54 Å². The summed E-state index contributed by atoms with van der Waals surface area (Å²) in [6.45, 7) is 3.35. The first-order valence-corrected chi connectivity index (χ1v) is 7.51. The zero-order chi connectivity index (χ0) is 14.7. The van der Waals surface area contributed by atoms with Crippen molar-refractivity contribution in [3.8, 4) is 17.1 Å². The molecule has 110 valence electrons. The molecule has 0 unspecified atom stereocenters. The largest absolute Gasteiger partial charge is 0.481 e. The molecule has 0 amide bonds. The van der Waals surface area contributed by atoms with Crippen LogP contribution < -0.4 is 4.74 Å². The highest BCUT2D eigenvalue weighted by Crippen LogP contribution is 2.28. The van der Waals surface area contributed by atoms with Crippen molar-refractivity contribution in [3.63, 3.8) is 0 Å². The number of pyridine rings is 2. The number of rotatable bonds is 4. The third-order valence-electron chi connectivity index (χ3n) is 3.74. The molecule has 3 heterocycles. The molecule has 0 bridgehead atoms. The maximum Gasteiger partial charge on any atom is 0.213 e. The molecular weight excluding hydrogens is 286 g/mol. The second-order valence-corrected chi connectivity index (χ2v) is 5.65. The highest BCUT2D eigenvalue weighted by molar-refractivity contribution is 6.33. The van der Waals surface area contributed by atoms with Crippen LogP contribution in [0.4, 0.5) is 0 Å². The van der Waals surface area contributed by atoms with Crippen LogP contribution in [0.15, 0.2) is 30.6 Å². The van der Waals surface area contributed by atoms with Crippen molar-refractivity contribution in [1.29, 1.82) is 0 Å². The van der Waals surface area contributed by atoms with Gasteiger partial charge in [0.2, 0.25) is 5.88 Å². The van der Waals surface area contributed by atoms with Crippen LogP contribution in [0, 0.1) is 0 Å². The first-order chi connectivity index (χ1) is 10.3. The van der Waals surface area contributed by atoms with E-state index in [-0.39, 0.29) is 0 Å². The Kier molecular flexibility index (Phi) is 4.36. The molecule has 21 heavy (non-hydrogen) atoms. The lowest BCUT2D eigenvalue weighted by Crippen LogP contribution is -2.18. The number of methoxy groups -OCH3 is 1. The maximum atomic E-state index is 6.20. The van der Waals surface area contributed by atoms with E-state index in [1.807, 2.05) is 18.3 Å². The summed E-state index contributed by atoms with van der Waals surface area (Å²) in [4.78, 5) is 11.1. The predicted octanol–water partition coefficient (Wildman–Crippen LogP) is 3.40. The number of hydrogen-bond acceptors (Lipinski definition) is 4. The molecule has 0 radical (unpaired) electrons. The topological polar surface area (TPSA) is 38.2 Å². The van der Waals surface area contributed by atoms with Gasteiger partial charge < -0.3 is 4.74 Å². The van der Waals surface area contributed by atoms with E-state index in [2.05, 4.69) is 20.9 Å². The Morgan fingerprint density at radius 3 is 2.67 bits per heavy atom. The summed E-state index contributed by atoms with van der Waals surface area (Å²) in [5, 5.41) is 0.579. The summed E-state index contributed by atoms with van der Waals surface area (Å²) in [5.74, 6) is 0.539. The van der Waals surface area contributed by atoms with Gasteiger partial charge >= 0.3 is 0 Å². The highest BCUT2D eigenvalue weighted by Gasteiger charge is 2.12. The molecule has 0 N–H and O–H groups in total. The van der Waals surface area contributed by atoms with Gasteiger partial charge in [0.25, 0.3) is 0 Å². The lowest BCUT2D eigenvalue weighted by molar-refractivity contribution is 0.331. The molecule has 5 heteroatoms. The van der Waals surface area contributed by atoms with Crippen LogP contribution in [0.3, 0.4) is 0 Å². The Morgan fingerprint density at radius 1 is 1.19 bits per heavy atom. The molecule has 1 aliphatic heterocycles. The molecule has 0 spiro atoms. The van der Waals surface area contributed by atoms with Crippen molar-refractivity contribution < 1.29 is 4.74 Å². The van der Waals surface area contributed by atoms with Gasteiger partial charge in [0.05, 0.1) is 24.0 Å². The summed E-state index contributed by atoms with van der Waals surface area (Å²) in [6.07, 6.45) is 6.13. The lowest BCUT2D eigenvalue weighted by atomic mass is 10.1. The quantitative estimate of drug-likeness (QED) is 0.867.